The maximum absolute atomic E-state index is 7.25. The van der Waals surface area contributed by atoms with Gasteiger partial charge >= 0.3 is 0 Å². The van der Waals surface area contributed by atoms with Crippen LogP contribution < -0.4 is 10.5 Å². The van der Waals surface area contributed by atoms with Crippen LogP contribution in [0, 0.1) is 12.3 Å². The highest BCUT2D eigenvalue weighted by atomic mass is 79.9. The Labute approximate surface area is 113 Å². The number of ether oxygens (including phenoxy) is 1. The summed E-state index contributed by atoms with van der Waals surface area (Å²) in [7, 11) is 0. The van der Waals surface area contributed by atoms with E-state index in [1.54, 1.807) is 18.3 Å². The highest BCUT2D eigenvalue weighted by molar-refractivity contribution is 9.10. The van der Waals surface area contributed by atoms with Crippen molar-refractivity contribution in [1.29, 1.82) is 5.41 Å². The van der Waals surface area contributed by atoms with E-state index in [0.717, 1.165) is 15.8 Å². The molecule has 2 rings (SSSR count). The standard InChI is InChI=1S/C13H12BrN3O/c1-8-2-5-12(10(14)6-8)18-9-3-4-11(13(15)16)17-7-9/h2-7H,1H3,(H3,15,16). The number of nitrogens with two attached hydrogens (primary N) is 1. The number of pyridine rings is 1. The molecule has 2 aromatic rings. The van der Waals surface area contributed by atoms with Crippen molar-refractivity contribution in [2.24, 2.45) is 5.73 Å². The fourth-order valence-electron chi connectivity index (χ4n) is 1.42. The molecule has 1 aromatic heterocycles. The largest absolute Gasteiger partial charge is 0.455 e. The summed E-state index contributed by atoms with van der Waals surface area (Å²) in [5.41, 5.74) is 6.92. The number of rotatable bonds is 3. The van der Waals surface area contributed by atoms with E-state index in [2.05, 4.69) is 20.9 Å². The third-order valence-electron chi connectivity index (χ3n) is 2.33. The molecule has 0 aliphatic rings. The molecule has 0 atom stereocenters. The molecular weight excluding hydrogens is 294 g/mol. The van der Waals surface area contributed by atoms with Crippen LogP contribution in [0.5, 0.6) is 11.5 Å². The summed E-state index contributed by atoms with van der Waals surface area (Å²) < 4.78 is 6.57. The van der Waals surface area contributed by atoms with E-state index in [1.807, 2.05) is 25.1 Å². The molecule has 1 heterocycles. The van der Waals surface area contributed by atoms with E-state index >= 15 is 0 Å². The number of hydrogen-bond donors (Lipinski definition) is 2. The zero-order valence-corrected chi connectivity index (χ0v) is 11.4. The van der Waals surface area contributed by atoms with Crippen LogP contribution in [0.2, 0.25) is 0 Å². The smallest absolute Gasteiger partial charge is 0.145 e. The van der Waals surface area contributed by atoms with Crippen LogP contribution in [0.25, 0.3) is 0 Å². The molecule has 0 saturated heterocycles. The Morgan fingerprint density at radius 2 is 2.11 bits per heavy atom. The van der Waals surface area contributed by atoms with Crippen LogP contribution in [0.15, 0.2) is 41.0 Å². The van der Waals surface area contributed by atoms with E-state index in [0.29, 0.717) is 11.4 Å². The Morgan fingerprint density at radius 1 is 1.33 bits per heavy atom. The van der Waals surface area contributed by atoms with Crippen molar-refractivity contribution in [3.63, 3.8) is 0 Å². The summed E-state index contributed by atoms with van der Waals surface area (Å²) >= 11 is 3.44. The third kappa shape index (κ3) is 2.87. The molecule has 3 N–H and O–H groups in total. The van der Waals surface area contributed by atoms with E-state index in [-0.39, 0.29) is 5.84 Å². The van der Waals surface area contributed by atoms with Crippen molar-refractivity contribution < 1.29 is 4.74 Å². The van der Waals surface area contributed by atoms with Gasteiger partial charge in [-0.05, 0) is 52.7 Å². The Kier molecular flexibility index (Phi) is 3.62. The minimum atomic E-state index is -0.0573. The lowest BCUT2D eigenvalue weighted by Crippen LogP contribution is -2.12. The first kappa shape index (κ1) is 12.6. The molecule has 5 heteroatoms. The van der Waals surface area contributed by atoms with Gasteiger partial charge in [0.15, 0.2) is 0 Å². The summed E-state index contributed by atoms with van der Waals surface area (Å²) in [6, 6.07) is 9.22. The fourth-order valence-corrected chi connectivity index (χ4v) is 1.99. The first-order valence-electron chi connectivity index (χ1n) is 5.31. The van der Waals surface area contributed by atoms with Crippen molar-refractivity contribution in [1.82, 2.24) is 4.98 Å². The molecule has 0 aliphatic carbocycles. The van der Waals surface area contributed by atoms with Crippen molar-refractivity contribution in [3.8, 4) is 11.5 Å². The quantitative estimate of drug-likeness (QED) is 0.675. The van der Waals surface area contributed by atoms with Crippen molar-refractivity contribution >= 4 is 21.8 Å². The van der Waals surface area contributed by atoms with Gasteiger partial charge in [-0.25, -0.2) is 4.98 Å². The molecule has 1 aromatic carbocycles. The molecule has 0 unspecified atom stereocenters. The molecule has 0 radical (unpaired) electrons. The highest BCUT2D eigenvalue weighted by Crippen LogP contribution is 2.29. The number of nitrogen functional groups attached to an aromatic ring is 1. The first-order chi connectivity index (χ1) is 8.56. The summed E-state index contributed by atoms with van der Waals surface area (Å²) in [6.07, 6.45) is 1.54. The maximum atomic E-state index is 7.25. The van der Waals surface area contributed by atoms with Crippen LogP contribution in [0.4, 0.5) is 0 Å². The van der Waals surface area contributed by atoms with Gasteiger partial charge in [0, 0.05) is 0 Å². The zero-order chi connectivity index (χ0) is 13.1. The Bertz CT molecular complexity index is 581. The number of aromatic nitrogens is 1. The topological polar surface area (TPSA) is 72.0 Å². The van der Waals surface area contributed by atoms with E-state index in [9.17, 15) is 0 Å². The predicted octanol–water partition coefficient (Wildman–Crippen LogP) is 3.23. The Balaban J connectivity index is 2.21. The lowest BCUT2D eigenvalue weighted by Gasteiger charge is -2.08. The van der Waals surface area contributed by atoms with Crippen LogP contribution in [-0.2, 0) is 0 Å². The molecular formula is C13H12BrN3O. The van der Waals surface area contributed by atoms with E-state index < -0.39 is 0 Å². The summed E-state index contributed by atoms with van der Waals surface area (Å²) in [6.45, 7) is 2.01. The van der Waals surface area contributed by atoms with Gasteiger partial charge in [-0.3, -0.25) is 5.41 Å². The number of halogens is 1. The number of benzene rings is 1. The van der Waals surface area contributed by atoms with E-state index in [1.165, 1.54) is 0 Å². The average Bonchev–Trinajstić information content (AvgIpc) is 2.33. The zero-order valence-electron chi connectivity index (χ0n) is 9.77. The average molecular weight is 306 g/mol. The lowest BCUT2D eigenvalue weighted by molar-refractivity contribution is 0.477. The maximum Gasteiger partial charge on any atom is 0.145 e. The second-order valence-corrected chi connectivity index (χ2v) is 4.68. The molecule has 4 nitrogen and oxygen atoms in total. The molecule has 92 valence electrons. The van der Waals surface area contributed by atoms with Crippen LogP contribution in [0.3, 0.4) is 0 Å². The van der Waals surface area contributed by atoms with Crippen LogP contribution >= 0.6 is 15.9 Å². The minimum Gasteiger partial charge on any atom is -0.455 e. The third-order valence-corrected chi connectivity index (χ3v) is 2.95. The van der Waals surface area contributed by atoms with Gasteiger partial charge in [0.05, 0.1) is 10.7 Å². The van der Waals surface area contributed by atoms with Gasteiger partial charge in [0.25, 0.3) is 0 Å². The molecule has 0 bridgehead atoms. The van der Waals surface area contributed by atoms with Crippen molar-refractivity contribution in [3.05, 3.63) is 52.3 Å². The lowest BCUT2D eigenvalue weighted by atomic mass is 10.2. The second kappa shape index (κ2) is 5.18. The first-order valence-corrected chi connectivity index (χ1v) is 6.10. The van der Waals surface area contributed by atoms with Gasteiger partial charge in [-0.2, -0.15) is 0 Å². The number of hydrogen-bond acceptors (Lipinski definition) is 3. The molecule has 0 aliphatic heterocycles. The number of nitrogens with one attached hydrogen (secondary N) is 1. The van der Waals surface area contributed by atoms with Crippen molar-refractivity contribution in [2.75, 3.05) is 0 Å². The number of aryl methyl sites for hydroxylation is 1. The summed E-state index contributed by atoms with van der Waals surface area (Å²) in [5.74, 6) is 1.26. The number of nitrogens with zero attached hydrogens (tertiary/aromatic N) is 1. The highest BCUT2D eigenvalue weighted by Gasteiger charge is 2.04. The molecule has 0 saturated carbocycles. The second-order valence-electron chi connectivity index (χ2n) is 3.83. The van der Waals surface area contributed by atoms with Crippen LogP contribution in [-0.4, -0.2) is 10.8 Å². The van der Waals surface area contributed by atoms with Crippen LogP contribution in [0.1, 0.15) is 11.3 Å². The SMILES string of the molecule is Cc1ccc(Oc2ccc(C(=N)N)nc2)c(Br)c1. The normalized spacial score (nSPS) is 10.1. The summed E-state index contributed by atoms with van der Waals surface area (Å²) in [5, 5.41) is 7.25. The molecule has 0 fully saturated rings. The van der Waals surface area contributed by atoms with Gasteiger partial charge in [0.2, 0.25) is 0 Å². The Hall–Kier alpha value is -1.88. The monoisotopic (exact) mass is 305 g/mol. The number of amidine groups is 1. The van der Waals surface area contributed by atoms with E-state index in [4.69, 9.17) is 15.9 Å². The fraction of sp³-hybridized carbons (Fsp3) is 0.0769. The van der Waals surface area contributed by atoms with Gasteiger partial charge in [-0.1, -0.05) is 6.07 Å². The Morgan fingerprint density at radius 3 is 2.67 bits per heavy atom. The molecule has 0 spiro atoms. The van der Waals surface area contributed by atoms with Gasteiger partial charge in [0.1, 0.15) is 23.0 Å². The molecule has 0 amide bonds. The van der Waals surface area contributed by atoms with Gasteiger partial charge in [-0.15, -0.1) is 0 Å². The van der Waals surface area contributed by atoms with Gasteiger partial charge < -0.3 is 10.5 Å². The molecule has 18 heavy (non-hydrogen) atoms. The minimum absolute atomic E-state index is 0.0573. The predicted molar refractivity (Wildman–Crippen MR) is 74.2 cm³/mol. The van der Waals surface area contributed by atoms with Crippen molar-refractivity contribution in [2.45, 2.75) is 6.92 Å². The summed E-state index contributed by atoms with van der Waals surface area (Å²) in [4.78, 5) is 4.03.